The van der Waals surface area contributed by atoms with Crippen molar-refractivity contribution in [2.75, 3.05) is 73.9 Å². The van der Waals surface area contributed by atoms with E-state index in [-0.39, 0.29) is 0 Å². The van der Waals surface area contributed by atoms with Gasteiger partial charge in [-0.15, -0.1) is 0 Å². The number of nitriles is 1. The van der Waals surface area contributed by atoms with Gasteiger partial charge in [0.2, 0.25) is 17.8 Å². The van der Waals surface area contributed by atoms with Crippen molar-refractivity contribution in [1.29, 1.82) is 5.26 Å². The summed E-state index contributed by atoms with van der Waals surface area (Å²) in [5.41, 5.74) is 0. The molecular formula is C14H21N7O2. The third kappa shape index (κ3) is 3.60. The van der Waals surface area contributed by atoms with Crippen LogP contribution in [0.5, 0.6) is 0 Å². The van der Waals surface area contributed by atoms with E-state index in [0.29, 0.717) is 50.8 Å². The van der Waals surface area contributed by atoms with Crippen molar-refractivity contribution in [1.82, 2.24) is 15.0 Å². The normalized spacial score (nSPS) is 18.6. The van der Waals surface area contributed by atoms with Gasteiger partial charge in [0.1, 0.15) is 0 Å². The topological polar surface area (TPSA) is 90.6 Å². The molecule has 0 atom stereocenters. The molecule has 0 N–H and O–H groups in total. The molecule has 0 spiro atoms. The third-order valence-corrected chi connectivity index (χ3v) is 3.87. The van der Waals surface area contributed by atoms with E-state index in [1.54, 1.807) is 0 Å². The molecule has 2 aliphatic heterocycles. The van der Waals surface area contributed by atoms with Gasteiger partial charge >= 0.3 is 0 Å². The third-order valence-electron chi connectivity index (χ3n) is 3.87. The van der Waals surface area contributed by atoms with Crippen molar-refractivity contribution in [3.05, 3.63) is 0 Å². The molecule has 1 aromatic rings. The van der Waals surface area contributed by atoms with Crippen LogP contribution in [0.3, 0.4) is 0 Å². The summed E-state index contributed by atoms with van der Waals surface area (Å²) in [6.07, 6.45) is 2.12. The zero-order valence-corrected chi connectivity index (χ0v) is 13.3. The first kappa shape index (κ1) is 15.7. The second kappa shape index (κ2) is 7.39. The number of anilines is 3. The van der Waals surface area contributed by atoms with E-state index >= 15 is 0 Å². The molecule has 124 valence electrons. The number of hydrogen-bond donors (Lipinski definition) is 0. The van der Waals surface area contributed by atoms with Crippen LogP contribution in [0.1, 0.15) is 6.92 Å². The maximum Gasteiger partial charge on any atom is 0.245 e. The van der Waals surface area contributed by atoms with E-state index in [0.717, 1.165) is 26.2 Å². The Hall–Kier alpha value is -2.18. The lowest BCUT2D eigenvalue weighted by Gasteiger charge is -2.30. The summed E-state index contributed by atoms with van der Waals surface area (Å²) in [6, 6.07) is 0. The Morgan fingerprint density at radius 3 is 1.83 bits per heavy atom. The molecular weight excluding hydrogens is 298 g/mol. The fraction of sp³-hybridized carbons (Fsp3) is 0.714. The van der Waals surface area contributed by atoms with Gasteiger partial charge in [0, 0.05) is 32.7 Å². The van der Waals surface area contributed by atoms with E-state index in [4.69, 9.17) is 9.47 Å². The highest BCUT2D eigenvalue weighted by Gasteiger charge is 2.22. The van der Waals surface area contributed by atoms with E-state index in [9.17, 15) is 5.26 Å². The quantitative estimate of drug-likeness (QED) is 0.555. The highest BCUT2D eigenvalue weighted by molar-refractivity contribution is 5.48. The molecule has 0 bridgehead atoms. The summed E-state index contributed by atoms with van der Waals surface area (Å²) >= 11 is 0. The first-order chi connectivity index (χ1) is 11.3. The summed E-state index contributed by atoms with van der Waals surface area (Å²) in [4.78, 5) is 19.2. The molecule has 23 heavy (non-hydrogen) atoms. The van der Waals surface area contributed by atoms with Crippen LogP contribution in [-0.2, 0) is 9.47 Å². The summed E-state index contributed by atoms with van der Waals surface area (Å²) in [6.45, 7) is 8.01. The van der Waals surface area contributed by atoms with Crippen LogP contribution in [0.15, 0.2) is 0 Å². The number of nitrogens with zero attached hydrogens (tertiary/aromatic N) is 7. The van der Waals surface area contributed by atoms with Crippen LogP contribution in [0.2, 0.25) is 0 Å². The van der Waals surface area contributed by atoms with Gasteiger partial charge in [-0.3, -0.25) is 0 Å². The van der Waals surface area contributed by atoms with Gasteiger partial charge in [-0.25, -0.2) is 4.90 Å². The SMILES string of the molecule is CCN(C#N)c1nc(N2CCOCC2)nc(N2CCOCC2)n1. The van der Waals surface area contributed by atoms with Gasteiger partial charge < -0.3 is 19.3 Å². The maximum absolute atomic E-state index is 9.29. The molecule has 0 saturated carbocycles. The Morgan fingerprint density at radius 2 is 1.43 bits per heavy atom. The summed E-state index contributed by atoms with van der Waals surface area (Å²) < 4.78 is 10.8. The highest BCUT2D eigenvalue weighted by Crippen LogP contribution is 2.20. The van der Waals surface area contributed by atoms with Crippen molar-refractivity contribution < 1.29 is 9.47 Å². The Kier molecular flexibility index (Phi) is 5.05. The number of morpholine rings is 2. The standard InChI is InChI=1S/C14H21N7O2/c1-2-19(11-15)12-16-13(20-3-7-22-8-4-20)18-14(17-12)21-5-9-23-10-6-21/h2-10H2,1H3. The summed E-state index contributed by atoms with van der Waals surface area (Å²) in [5, 5.41) is 9.29. The number of hydrogen-bond acceptors (Lipinski definition) is 9. The maximum atomic E-state index is 9.29. The lowest BCUT2D eigenvalue weighted by Crippen LogP contribution is -2.40. The van der Waals surface area contributed by atoms with E-state index < -0.39 is 0 Å². The van der Waals surface area contributed by atoms with Crippen LogP contribution >= 0.6 is 0 Å². The molecule has 2 fully saturated rings. The molecule has 3 rings (SSSR count). The average molecular weight is 319 g/mol. The lowest BCUT2D eigenvalue weighted by molar-refractivity contribution is 0.121. The first-order valence-electron chi connectivity index (χ1n) is 7.90. The van der Waals surface area contributed by atoms with E-state index in [1.807, 2.05) is 6.92 Å². The molecule has 2 saturated heterocycles. The molecule has 0 radical (unpaired) electrons. The van der Waals surface area contributed by atoms with Crippen LogP contribution < -0.4 is 14.7 Å². The molecule has 2 aliphatic rings. The fourth-order valence-corrected chi connectivity index (χ4v) is 2.53. The van der Waals surface area contributed by atoms with Crippen LogP contribution in [0.4, 0.5) is 17.8 Å². The second-order valence-electron chi connectivity index (χ2n) is 5.28. The van der Waals surface area contributed by atoms with Crippen molar-refractivity contribution in [3.63, 3.8) is 0 Å². The number of rotatable bonds is 4. The first-order valence-corrected chi connectivity index (χ1v) is 7.90. The largest absolute Gasteiger partial charge is 0.378 e. The van der Waals surface area contributed by atoms with Gasteiger partial charge in [-0.05, 0) is 6.92 Å². The van der Waals surface area contributed by atoms with E-state index in [1.165, 1.54) is 4.90 Å². The molecule has 9 heteroatoms. The second-order valence-corrected chi connectivity index (χ2v) is 5.28. The molecule has 1 aromatic heterocycles. The van der Waals surface area contributed by atoms with Gasteiger partial charge in [0.15, 0.2) is 6.19 Å². The van der Waals surface area contributed by atoms with Gasteiger partial charge in [-0.2, -0.15) is 20.2 Å². The van der Waals surface area contributed by atoms with Gasteiger partial charge in [-0.1, -0.05) is 0 Å². The summed E-state index contributed by atoms with van der Waals surface area (Å²) in [5.74, 6) is 1.61. The van der Waals surface area contributed by atoms with Crippen molar-refractivity contribution in [2.45, 2.75) is 6.92 Å². The highest BCUT2D eigenvalue weighted by atomic mass is 16.5. The van der Waals surface area contributed by atoms with Gasteiger partial charge in [0.05, 0.1) is 26.4 Å². The average Bonchev–Trinajstić information content (AvgIpc) is 2.64. The Balaban J connectivity index is 1.93. The molecule has 0 aliphatic carbocycles. The fourth-order valence-electron chi connectivity index (χ4n) is 2.53. The van der Waals surface area contributed by atoms with Crippen LogP contribution in [0, 0.1) is 11.5 Å². The number of aromatic nitrogens is 3. The van der Waals surface area contributed by atoms with Crippen LogP contribution in [0.25, 0.3) is 0 Å². The Morgan fingerprint density at radius 1 is 0.957 bits per heavy atom. The van der Waals surface area contributed by atoms with Crippen LogP contribution in [-0.4, -0.2) is 74.1 Å². The smallest absolute Gasteiger partial charge is 0.245 e. The van der Waals surface area contributed by atoms with E-state index in [2.05, 4.69) is 30.9 Å². The zero-order valence-electron chi connectivity index (χ0n) is 13.3. The number of ether oxygens (including phenoxy) is 2. The van der Waals surface area contributed by atoms with Crippen molar-refractivity contribution >= 4 is 17.8 Å². The minimum absolute atomic E-state index is 0.396. The monoisotopic (exact) mass is 319 g/mol. The lowest BCUT2D eigenvalue weighted by atomic mass is 10.4. The Labute approximate surface area is 135 Å². The summed E-state index contributed by atoms with van der Waals surface area (Å²) in [7, 11) is 0. The molecule has 9 nitrogen and oxygen atoms in total. The van der Waals surface area contributed by atoms with Crippen molar-refractivity contribution in [3.8, 4) is 6.19 Å². The molecule has 0 amide bonds. The predicted octanol–water partition coefficient (Wildman–Crippen LogP) is -0.148. The van der Waals surface area contributed by atoms with Gasteiger partial charge in [0.25, 0.3) is 0 Å². The predicted molar refractivity (Wildman–Crippen MR) is 84.5 cm³/mol. The Bertz CT molecular complexity index is 528. The minimum Gasteiger partial charge on any atom is -0.378 e. The minimum atomic E-state index is 0.396. The molecule has 3 heterocycles. The molecule has 0 unspecified atom stereocenters. The molecule has 0 aromatic carbocycles. The zero-order chi connectivity index (χ0) is 16.1. The van der Waals surface area contributed by atoms with Crippen molar-refractivity contribution in [2.24, 2.45) is 0 Å².